The van der Waals surface area contributed by atoms with E-state index in [0.29, 0.717) is 0 Å². The lowest BCUT2D eigenvalue weighted by Crippen LogP contribution is -2.09. The van der Waals surface area contributed by atoms with Gasteiger partial charge in [-0.3, -0.25) is 4.98 Å². The minimum atomic E-state index is -0.570. The molecule has 2 heterocycles. The lowest BCUT2D eigenvalue weighted by atomic mass is 9.96. The molecule has 0 aliphatic carbocycles. The number of ether oxygens (including phenoxy) is 1. The summed E-state index contributed by atoms with van der Waals surface area (Å²) in [6, 6.07) is 1.91. The molecule has 0 saturated heterocycles. The van der Waals surface area contributed by atoms with Crippen LogP contribution in [0.2, 0.25) is 0 Å². The molecular formula is C12H15NO2. The van der Waals surface area contributed by atoms with E-state index in [1.807, 2.05) is 13.0 Å². The highest BCUT2D eigenvalue weighted by Gasteiger charge is 2.17. The highest BCUT2D eigenvalue weighted by Crippen LogP contribution is 2.28. The zero-order valence-electron chi connectivity index (χ0n) is 8.81. The quantitative estimate of drug-likeness (QED) is 0.804. The van der Waals surface area contributed by atoms with Crippen LogP contribution in [0, 0.1) is 6.92 Å². The lowest BCUT2D eigenvalue weighted by Gasteiger charge is -2.20. The first-order chi connectivity index (χ1) is 7.29. The van der Waals surface area contributed by atoms with E-state index in [1.165, 1.54) is 0 Å². The molecule has 1 aliphatic rings. The molecule has 0 fully saturated rings. The number of hydrogen-bond donors (Lipinski definition) is 1. The van der Waals surface area contributed by atoms with Crippen LogP contribution in [-0.4, -0.2) is 16.7 Å². The summed E-state index contributed by atoms with van der Waals surface area (Å²) in [6.07, 6.45) is 6.43. The van der Waals surface area contributed by atoms with Crippen molar-refractivity contribution in [1.82, 2.24) is 4.98 Å². The summed E-state index contributed by atoms with van der Waals surface area (Å²) in [6.45, 7) is 2.73. The molecule has 1 unspecified atom stereocenters. The lowest BCUT2D eigenvalue weighted by molar-refractivity contribution is 0.170. The van der Waals surface area contributed by atoms with Crippen molar-refractivity contribution >= 4 is 0 Å². The molecule has 0 spiro atoms. The molecule has 0 saturated carbocycles. The van der Waals surface area contributed by atoms with Gasteiger partial charge in [0.25, 0.3) is 0 Å². The molecule has 2 rings (SSSR count). The molecule has 3 heteroatoms. The zero-order chi connectivity index (χ0) is 10.7. The van der Waals surface area contributed by atoms with Gasteiger partial charge < -0.3 is 9.84 Å². The summed E-state index contributed by atoms with van der Waals surface area (Å²) < 4.78 is 5.22. The van der Waals surface area contributed by atoms with Crippen molar-refractivity contribution in [1.29, 1.82) is 0 Å². The van der Waals surface area contributed by atoms with Crippen molar-refractivity contribution in [3.8, 4) is 0 Å². The molecule has 1 aromatic heterocycles. The summed E-state index contributed by atoms with van der Waals surface area (Å²) >= 11 is 0. The van der Waals surface area contributed by atoms with Crippen LogP contribution in [0.25, 0.3) is 0 Å². The first-order valence-electron chi connectivity index (χ1n) is 5.18. The number of aromatic nitrogens is 1. The van der Waals surface area contributed by atoms with Crippen LogP contribution in [0.5, 0.6) is 0 Å². The Bertz CT molecular complexity index is 374. The molecule has 0 radical (unpaired) electrons. The van der Waals surface area contributed by atoms with Gasteiger partial charge in [0.05, 0.1) is 12.9 Å². The number of aliphatic hydroxyl groups is 1. The molecule has 0 aromatic carbocycles. The zero-order valence-corrected chi connectivity index (χ0v) is 8.81. The topological polar surface area (TPSA) is 42.4 Å². The van der Waals surface area contributed by atoms with Crippen molar-refractivity contribution in [3.63, 3.8) is 0 Å². The predicted molar refractivity (Wildman–Crippen MR) is 57.2 cm³/mol. The highest BCUT2D eigenvalue weighted by atomic mass is 16.5. The third kappa shape index (κ3) is 2.18. The Labute approximate surface area is 89.4 Å². The molecule has 0 amide bonds. The van der Waals surface area contributed by atoms with Crippen molar-refractivity contribution in [2.75, 3.05) is 6.61 Å². The fraction of sp³-hybridized carbons (Fsp3) is 0.417. The normalized spacial score (nSPS) is 17.9. The average molecular weight is 205 g/mol. The third-order valence-corrected chi connectivity index (χ3v) is 2.69. The standard InChI is InChI=1S/C12H15NO2/c1-9-4-5-13-7-11(9)12(14)10-3-2-6-15-8-10/h4-5,7-8,12,14H,2-3,6H2,1H3. The van der Waals surface area contributed by atoms with Crippen LogP contribution in [0.1, 0.15) is 30.1 Å². The summed E-state index contributed by atoms with van der Waals surface area (Å²) in [7, 11) is 0. The van der Waals surface area contributed by atoms with Gasteiger partial charge in [-0.2, -0.15) is 0 Å². The van der Waals surface area contributed by atoms with Crippen LogP contribution >= 0.6 is 0 Å². The Morgan fingerprint density at radius 3 is 3.07 bits per heavy atom. The van der Waals surface area contributed by atoms with E-state index in [4.69, 9.17) is 4.74 Å². The Kier molecular flexibility index (Phi) is 3.02. The van der Waals surface area contributed by atoms with Crippen molar-refractivity contribution in [2.45, 2.75) is 25.9 Å². The maximum atomic E-state index is 10.1. The molecular weight excluding hydrogens is 190 g/mol. The third-order valence-electron chi connectivity index (χ3n) is 2.69. The fourth-order valence-corrected chi connectivity index (χ4v) is 1.75. The molecule has 15 heavy (non-hydrogen) atoms. The van der Waals surface area contributed by atoms with Gasteiger partial charge in [-0.15, -0.1) is 0 Å². The predicted octanol–water partition coefficient (Wildman–Crippen LogP) is 2.12. The second-order valence-corrected chi connectivity index (χ2v) is 3.80. The molecule has 3 nitrogen and oxygen atoms in total. The Morgan fingerprint density at radius 1 is 1.53 bits per heavy atom. The van der Waals surface area contributed by atoms with E-state index >= 15 is 0 Å². The monoisotopic (exact) mass is 205 g/mol. The van der Waals surface area contributed by atoms with Crippen LogP contribution < -0.4 is 0 Å². The second kappa shape index (κ2) is 4.45. The Hall–Kier alpha value is -1.35. The van der Waals surface area contributed by atoms with Gasteiger partial charge in [0.1, 0.15) is 6.10 Å². The highest BCUT2D eigenvalue weighted by molar-refractivity contribution is 5.30. The number of nitrogens with zero attached hydrogens (tertiary/aromatic N) is 1. The minimum Gasteiger partial charge on any atom is -0.501 e. The molecule has 1 atom stereocenters. The maximum absolute atomic E-state index is 10.1. The smallest absolute Gasteiger partial charge is 0.105 e. The molecule has 1 N–H and O–H groups in total. The van der Waals surface area contributed by atoms with E-state index in [1.54, 1.807) is 18.7 Å². The minimum absolute atomic E-state index is 0.570. The van der Waals surface area contributed by atoms with Gasteiger partial charge in [-0.05, 0) is 37.0 Å². The first kappa shape index (κ1) is 10.2. The molecule has 1 aromatic rings. The van der Waals surface area contributed by atoms with E-state index < -0.39 is 6.10 Å². The van der Waals surface area contributed by atoms with Crippen LogP contribution in [-0.2, 0) is 4.74 Å². The summed E-state index contributed by atoms with van der Waals surface area (Å²) in [5.41, 5.74) is 2.87. The molecule has 80 valence electrons. The van der Waals surface area contributed by atoms with Gasteiger partial charge in [-0.25, -0.2) is 0 Å². The SMILES string of the molecule is Cc1ccncc1C(O)C1=COCCC1. The van der Waals surface area contributed by atoms with Gasteiger partial charge >= 0.3 is 0 Å². The molecule has 1 aliphatic heterocycles. The summed E-state index contributed by atoms with van der Waals surface area (Å²) in [5, 5.41) is 10.1. The van der Waals surface area contributed by atoms with Gasteiger partial charge in [-0.1, -0.05) is 0 Å². The Balaban J connectivity index is 2.23. The van der Waals surface area contributed by atoms with E-state index in [9.17, 15) is 5.11 Å². The van der Waals surface area contributed by atoms with Crippen LogP contribution in [0.3, 0.4) is 0 Å². The van der Waals surface area contributed by atoms with Crippen molar-refractivity contribution in [2.24, 2.45) is 0 Å². The average Bonchev–Trinajstić information content (AvgIpc) is 2.30. The number of aryl methyl sites for hydroxylation is 1. The number of aliphatic hydroxyl groups excluding tert-OH is 1. The largest absolute Gasteiger partial charge is 0.501 e. The van der Waals surface area contributed by atoms with Crippen LogP contribution in [0.4, 0.5) is 0 Å². The van der Waals surface area contributed by atoms with Crippen molar-refractivity contribution in [3.05, 3.63) is 41.4 Å². The number of hydrogen-bond acceptors (Lipinski definition) is 3. The fourth-order valence-electron chi connectivity index (χ4n) is 1.75. The second-order valence-electron chi connectivity index (χ2n) is 3.80. The maximum Gasteiger partial charge on any atom is 0.105 e. The molecule has 0 bridgehead atoms. The first-order valence-corrected chi connectivity index (χ1v) is 5.18. The number of rotatable bonds is 2. The van der Waals surface area contributed by atoms with Gasteiger partial charge in [0.15, 0.2) is 0 Å². The van der Waals surface area contributed by atoms with E-state index in [-0.39, 0.29) is 0 Å². The van der Waals surface area contributed by atoms with E-state index in [0.717, 1.165) is 36.1 Å². The van der Waals surface area contributed by atoms with Crippen molar-refractivity contribution < 1.29 is 9.84 Å². The summed E-state index contributed by atoms with van der Waals surface area (Å²) in [5.74, 6) is 0. The van der Waals surface area contributed by atoms with Crippen LogP contribution in [0.15, 0.2) is 30.3 Å². The number of pyridine rings is 1. The van der Waals surface area contributed by atoms with E-state index in [2.05, 4.69) is 4.98 Å². The summed E-state index contributed by atoms with van der Waals surface area (Å²) in [4.78, 5) is 4.03. The van der Waals surface area contributed by atoms with Gasteiger partial charge in [0, 0.05) is 18.0 Å². The Morgan fingerprint density at radius 2 is 2.40 bits per heavy atom. The van der Waals surface area contributed by atoms with Gasteiger partial charge in [0.2, 0.25) is 0 Å².